The fourth-order valence-electron chi connectivity index (χ4n) is 5.40. The zero-order chi connectivity index (χ0) is 27.7. The number of carbonyl (C=O) groups is 2. The number of hydrogen-bond acceptors (Lipinski definition) is 8. The highest BCUT2D eigenvalue weighted by Gasteiger charge is 2.39. The summed E-state index contributed by atoms with van der Waals surface area (Å²) in [5, 5.41) is 0. The molecule has 7 rings (SSSR count). The summed E-state index contributed by atoms with van der Waals surface area (Å²) in [6.45, 7) is 4.47. The first-order valence-corrected chi connectivity index (χ1v) is 19.6. The summed E-state index contributed by atoms with van der Waals surface area (Å²) in [5.41, 5.74) is 1.81. The van der Waals surface area contributed by atoms with Crippen molar-refractivity contribution in [2.75, 3.05) is 0 Å². The zero-order valence-electron chi connectivity index (χ0n) is 21.5. The van der Waals surface area contributed by atoms with Crippen molar-refractivity contribution in [3.8, 4) is 19.5 Å². The molecule has 1 aliphatic rings. The number of hydrogen-bond donors (Lipinski definition) is 0. The SMILES string of the molecule is CCCCC(CC)Cc1cc2c(s1)C(=O)c1c(-c3cc4sc(Br)cc4s3)sc(-c3cc4sc(Br)cc4s3)c1C2=O. The second-order valence-electron chi connectivity index (χ2n) is 10.0. The average Bonchev–Trinajstić information content (AvgIpc) is 3.73. The van der Waals surface area contributed by atoms with E-state index < -0.39 is 0 Å². The average molecular weight is 767 g/mol. The van der Waals surface area contributed by atoms with Crippen molar-refractivity contribution in [2.24, 2.45) is 5.92 Å². The molecule has 0 radical (unpaired) electrons. The van der Waals surface area contributed by atoms with Crippen LogP contribution in [0.1, 0.15) is 75.6 Å². The third kappa shape index (κ3) is 4.71. The van der Waals surface area contributed by atoms with Crippen molar-refractivity contribution in [1.29, 1.82) is 0 Å². The van der Waals surface area contributed by atoms with E-state index in [-0.39, 0.29) is 11.6 Å². The Labute approximate surface area is 273 Å². The first kappa shape index (κ1) is 27.8. The molecule has 0 amide bonds. The van der Waals surface area contributed by atoms with Gasteiger partial charge < -0.3 is 0 Å². The van der Waals surface area contributed by atoms with Crippen LogP contribution in [0.25, 0.3) is 38.3 Å². The van der Waals surface area contributed by atoms with Gasteiger partial charge in [-0.25, -0.2) is 0 Å². The molecule has 0 saturated heterocycles. The number of unbranched alkanes of at least 4 members (excludes halogenated alkanes) is 1. The molecule has 2 nitrogen and oxygen atoms in total. The van der Waals surface area contributed by atoms with Crippen molar-refractivity contribution >= 4 is 130 Å². The monoisotopic (exact) mass is 764 g/mol. The molecular formula is C30H22Br2O2S6. The standard InChI is InChI=1S/C30H22Br2O2S6/c1-3-5-6-13(4-2)7-14-8-15-26(33)24-25(27(34)28(15)35-14)30(21-10-17-19(37-21)12-23(32)39-17)40-29(24)20-9-16-18(36-20)11-22(31)38-16/h8-13H,3-7H2,1-2H3. The maximum absolute atomic E-state index is 14.3. The first-order chi connectivity index (χ1) is 19.3. The second kappa shape index (κ2) is 10.9. The predicted octanol–water partition coefficient (Wildman–Crippen LogP) is 12.8. The molecule has 0 spiro atoms. The van der Waals surface area contributed by atoms with Crippen LogP contribution in [0.2, 0.25) is 0 Å². The van der Waals surface area contributed by atoms with E-state index in [0.29, 0.717) is 27.5 Å². The molecule has 0 aromatic carbocycles. The summed E-state index contributed by atoms with van der Waals surface area (Å²) in [6.07, 6.45) is 5.65. The molecule has 0 aliphatic heterocycles. The smallest absolute Gasteiger partial charge is 0.205 e. The van der Waals surface area contributed by atoms with Crippen molar-refractivity contribution in [3.63, 3.8) is 0 Å². The predicted molar refractivity (Wildman–Crippen MR) is 185 cm³/mol. The van der Waals surface area contributed by atoms with Crippen molar-refractivity contribution in [2.45, 2.75) is 46.0 Å². The highest BCUT2D eigenvalue weighted by Crippen LogP contribution is 2.53. The Morgan fingerprint density at radius 2 is 1.25 bits per heavy atom. The van der Waals surface area contributed by atoms with Crippen LogP contribution in [0, 0.1) is 5.92 Å². The summed E-state index contributed by atoms with van der Waals surface area (Å²) >= 11 is 17.2. The lowest BCUT2D eigenvalue weighted by Crippen LogP contribution is -2.18. The molecule has 6 aromatic rings. The van der Waals surface area contributed by atoms with E-state index in [0.717, 1.165) is 44.8 Å². The highest BCUT2D eigenvalue weighted by molar-refractivity contribution is 9.11. The van der Waals surface area contributed by atoms with Gasteiger partial charge in [-0.15, -0.1) is 68.0 Å². The third-order valence-corrected chi connectivity index (χ3v) is 15.7. The van der Waals surface area contributed by atoms with Gasteiger partial charge in [0, 0.05) is 39.0 Å². The van der Waals surface area contributed by atoms with E-state index >= 15 is 0 Å². The maximum Gasteiger partial charge on any atom is 0.205 e. The summed E-state index contributed by atoms with van der Waals surface area (Å²) < 4.78 is 6.99. The number of ketones is 2. The van der Waals surface area contributed by atoms with E-state index in [2.05, 4.69) is 70.0 Å². The van der Waals surface area contributed by atoms with Crippen LogP contribution in [0.3, 0.4) is 0 Å². The third-order valence-electron chi connectivity index (χ3n) is 7.43. The maximum atomic E-state index is 14.3. The minimum absolute atomic E-state index is 0.00487. The van der Waals surface area contributed by atoms with Crippen LogP contribution in [0.5, 0.6) is 0 Å². The van der Waals surface area contributed by atoms with Crippen LogP contribution < -0.4 is 0 Å². The first-order valence-electron chi connectivity index (χ1n) is 13.1. The van der Waals surface area contributed by atoms with Gasteiger partial charge in [-0.2, -0.15) is 0 Å². The lowest BCUT2D eigenvalue weighted by Gasteiger charge is -2.12. The molecule has 6 aromatic heterocycles. The number of thiophene rings is 6. The molecular weight excluding hydrogens is 745 g/mol. The van der Waals surface area contributed by atoms with Gasteiger partial charge in [0.25, 0.3) is 0 Å². The lowest BCUT2D eigenvalue weighted by atomic mass is 9.88. The molecule has 10 heteroatoms. The van der Waals surface area contributed by atoms with Gasteiger partial charge in [-0.3, -0.25) is 9.59 Å². The van der Waals surface area contributed by atoms with E-state index in [9.17, 15) is 9.59 Å². The Bertz CT molecular complexity index is 1750. The van der Waals surface area contributed by atoms with Gasteiger partial charge in [-0.1, -0.05) is 39.5 Å². The summed E-state index contributed by atoms with van der Waals surface area (Å²) in [4.78, 5) is 34.3. The van der Waals surface area contributed by atoms with Crippen LogP contribution in [-0.4, -0.2) is 11.6 Å². The van der Waals surface area contributed by atoms with Crippen LogP contribution >= 0.6 is 99.9 Å². The van der Waals surface area contributed by atoms with Gasteiger partial charge in [0.05, 0.1) is 33.3 Å². The fourth-order valence-corrected chi connectivity index (χ4v) is 14.2. The van der Waals surface area contributed by atoms with Crippen molar-refractivity contribution in [1.82, 2.24) is 0 Å². The molecule has 0 N–H and O–H groups in total. The van der Waals surface area contributed by atoms with E-state index in [1.54, 1.807) is 68.0 Å². The number of carbonyl (C=O) groups excluding carboxylic acids is 2. The quantitative estimate of drug-likeness (QED) is 0.154. The zero-order valence-corrected chi connectivity index (χ0v) is 29.6. The van der Waals surface area contributed by atoms with Gasteiger partial charge in [0.15, 0.2) is 5.78 Å². The summed E-state index contributed by atoms with van der Waals surface area (Å²) in [7, 11) is 0. The van der Waals surface area contributed by atoms with E-state index in [1.165, 1.54) is 38.1 Å². The van der Waals surface area contributed by atoms with E-state index in [4.69, 9.17) is 0 Å². The molecule has 0 saturated carbocycles. The molecule has 40 heavy (non-hydrogen) atoms. The van der Waals surface area contributed by atoms with Crippen LogP contribution in [0.4, 0.5) is 0 Å². The molecule has 204 valence electrons. The minimum atomic E-state index is 0.00487. The van der Waals surface area contributed by atoms with Crippen molar-refractivity contribution in [3.05, 3.63) is 64.3 Å². The van der Waals surface area contributed by atoms with Crippen LogP contribution in [0.15, 0.2) is 37.9 Å². The second-order valence-corrected chi connectivity index (χ2v) is 19.3. The molecule has 6 heterocycles. The van der Waals surface area contributed by atoms with Gasteiger partial charge in [0.2, 0.25) is 5.78 Å². The largest absolute Gasteiger partial charge is 0.288 e. The lowest BCUT2D eigenvalue weighted by molar-refractivity contribution is 0.0984. The van der Waals surface area contributed by atoms with Crippen molar-refractivity contribution < 1.29 is 9.59 Å². The molecule has 0 bridgehead atoms. The molecule has 1 aliphatic carbocycles. The topological polar surface area (TPSA) is 34.1 Å². The Kier molecular flexibility index (Phi) is 7.61. The summed E-state index contributed by atoms with van der Waals surface area (Å²) in [6, 6.07) is 10.7. The minimum Gasteiger partial charge on any atom is -0.288 e. The Morgan fingerprint density at radius 3 is 1.80 bits per heavy atom. The van der Waals surface area contributed by atoms with E-state index in [1.807, 2.05) is 6.07 Å². The van der Waals surface area contributed by atoms with Crippen LogP contribution in [-0.2, 0) is 6.42 Å². The number of halogens is 2. The van der Waals surface area contributed by atoms with Gasteiger partial charge in [0.1, 0.15) is 0 Å². The molecule has 1 unspecified atom stereocenters. The highest BCUT2D eigenvalue weighted by atomic mass is 79.9. The number of rotatable bonds is 8. The normalized spacial score (nSPS) is 14.0. The van der Waals surface area contributed by atoms with Gasteiger partial charge in [-0.05, 0) is 74.5 Å². The fraction of sp³-hybridized carbons (Fsp3) is 0.267. The molecule has 0 fully saturated rings. The molecule has 1 atom stereocenters. The van der Waals surface area contributed by atoms with Gasteiger partial charge >= 0.3 is 0 Å². The Balaban J connectivity index is 1.37. The summed E-state index contributed by atoms with van der Waals surface area (Å²) in [5.74, 6) is 0.603. The number of fused-ring (bicyclic) bond motifs is 4. The Hall–Kier alpha value is -0.980. The Morgan fingerprint density at radius 1 is 0.675 bits per heavy atom.